The lowest BCUT2D eigenvalue weighted by Gasteiger charge is -2.28. The molecule has 3 N–H and O–H groups in total. The summed E-state index contributed by atoms with van der Waals surface area (Å²) in [6, 6.07) is 10.4. The SMILES string of the molecule is CCOC(=O)c1ccc(NC(c2ccc(O)cc2O)P(=O)(OCC)OCC)cc1. The highest BCUT2D eigenvalue weighted by Crippen LogP contribution is 2.62. The van der Waals surface area contributed by atoms with Crippen LogP contribution in [0.3, 0.4) is 0 Å². The molecule has 0 aliphatic carbocycles. The minimum Gasteiger partial charge on any atom is -0.508 e. The summed E-state index contributed by atoms with van der Waals surface area (Å²) in [7, 11) is -3.74. The lowest BCUT2D eigenvalue weighted by Crippen LogP contribution is -2.15. The lowest BCUT2D eigenvalue weighted by molar-refractivity contribution is 0.0526. The van der Waals surface area contributed by atoms with Crippen LogP contribution in [-0.2, 0) is 18.3 Å². The fraction of sp³-hybridized carbons (Fsp3) is 0.350. The first-order valence-corrected chi connectivity index (χ1v) is 10.9. The summed E-state index contributed by atoms with van der Waals surface area (Å²) < 4.78 is 29.3. The van der Waals surface area contributed by atoms with Crippen LogP contribution in [0.15, 0.2) is 42.5 Å². The zero-order valence-electron chi connectivity index (χ0n) is 16.6. The van der Waals surface area contributed by atoms with Crippen molar-refractivity contribution >= 4 is 19.3 Å². The molecule has 2 aromatic rings. The van der Waals surface area contributed by atoms with Gasteiger partial charge in [0, 0.05) is 17.3 Å². The maximum absolute atomic E-state index is 13.5. The van der Waals surface area contributed by atoms with E-state index in [-0.39, 0.29) is 36.9 Å². The van der Waals surface area contributed by atoms with E-state index in [1.807, 2.05) is 0 Å². The molecule has 0 aliphatic heterocycles. The topological polar surface area (TPSA) is 114 Å². The number of ether oxygens (including phenoxy) is 1. The van der Waals surface area contributed by atoms with Gasteiger partial charge < -0.3 is 29.3 Å². The quantitative estimate of drug-likeness (QED) is 0.374. The van der Waals surface area contributed by atoms with Gasteiger partial charge in [-0.15, -0.1) is 0 Å². The minimum absolute atomic E-state index is 0.133. The van der Waals surface area contributed by atoms with E-state index in [2.05, 4.69) is 5.32 Å². The zero-order chi connectivity index (χ0) is 21.4. The largest absolute Gasteiger partial charge is 0.508 e. The first-order valence-electron chi connectivity index (χ1n) is 9.29. The molecule has 0 bridgehead atoms. The molecule has 0 radical (unpaired) electrons. The number of esters is 1. The Bertz CT molecular complexity index is 860. The Kier molecular flexibility index (Phi) is 8.08. The van der Waals surface area contributed by atoms with Gasteiger partial charge in [-0.05, 0) is 57.2 Å². The van der Waals surface area contributed by atoms with Crippen molar-refractivity contribution in [1.82, 2.24) is 0 Å². The molecule has 2 aromatic carbocycles. The van der Waals surface area contributed by atoms with Gasteiger partial charge in [-0.1, -0.05) is 0 Å². The smallest absolute Gasteiger partial charge is 0.357 e. The Morgan fingerprint density at radius 3 is 2.14 bits per heavy atom. The third-order valence-electron chi connectivity index (χ3n) is 3.94. The number of phenolic OH excluding ortho intramolecular Hbond substituents is 2. The number of carbonyl (C=O) groups excluding carboxylic acids is 1. The molecule has 9 heteroatoms. The molecule has 8 nitrogen and oxygen atoms in total. The number of aromatic hydroxyl groups is 2. The molecule has 0 spiro atoms. The molecule has 1 unspecified atom stereocenters. The van der Waals surface area contributed by atoms with Crippen LogP contribution in [0.4, 0.5) is 5.69 Å². The number of hydrogen-bond acceptors (Lipinski definition) is 8. The van der Waals surface area contributed by atoms with E-state index in [9.17, 15) is 19.6 Å². The van der Waals surface area contributed by atoms with E-state index in [1.54, 1.807) is 45.0 Å². The van der Waals surface area contributed by atoms with E-state index in [4.69, 9.17) is 13.8 Å². The molecule has 0 saturated carbocycles. The van der Waals surface area contributed by atoms with Gasteiger partial charge in [0.05, 0.1) is 25.4 Å². The van der Waals surface area contributed by atoms with E-state index in [0.717, 1.165) is 6.07 Å². The number of nitrogens with one attached hydrogen (secondary N) is 1. The van der Waals surface area contributed by atoms with Crippen molar-refractivity contribution in [3.8, 4) is 11.5 Å². The second-order valence-electron chi connectivity index (χ2n) is 5.96. The zero-order valence-corrected chi connectivity index (χ0v) is 17.5. The summed E-state index contributed by atoms with van der Waals surface area (Å²) in [5.41, 5.74) is 1.14. The van der Waals surface area contributed by atoms with Crippen LogP contribution < -0.4 is 5.32 Å². The van der Waals surface area contributed by atoms with Gasteiger partial charge in [-0.25, -0.2) is 4.79 Å². The molecule has 0 saturated heterocycles. The summed E-state index contributed by atoms with van der Waals surface area (Å²) in [5, 5.41) is 23.0. The molecule has 1 atom stereocenters. The first-order chi connectivity index (χ1) is 13.8. The molecule has 2 rings (SSSR count). The number of carbonyl (C=O) groups is 1. The van der Waals surface area contributed by atoms with Gasteiger partial charge in [-0.2, -0.15) is 0 Å². The van der Waals surface area contributed by atoms with Crippen molar-refractivity contribution in [2.24, 2.45) is 0 Å². The summed E-state index contributed by atoms with van der Waals surface area (Å²) >= 11 is 0. The van der Waals surface area contributed by atoms with Crippen molar-refractivity contribution < 1.29 is 33.4 Å². The summed E-state index contributed by atoms with van der Waals surface area (Å²) in [5.74, 6) is -1.88. The molecule has 0 fully saturated rings. The number of phenols is 2. The average molecular weight is 423 g/mol. The molecule has 0 aliphatic rings. The number of hydrogen-bond donors (Lipinski definition) is 3. The molecule has 0 heterocycles. The Morgan fingerprint density at radius 2 is 1.62 bits per heavy atom. The van der Waals surface area contributed by atoms with E-state index < -0.39 is 19.3 Å². The van der Waals surface area contributed by atoms with Crippen LogP contribution >= 0.6 is 7.60 Å². The lowest BCUT2D eigenvalue weighted by atomic mass is 10.1. The molecule has 0 amide bonds. The second kappa shape index (κ2) is 10.3. The van der Waals surface area contributed by atoms with Gasteiger partial charge in [0.25, 0.3) is 0 Å². The van der Waals surface area contributed by atoms with E-state index in [0.29, 0.717) is 11.3 Å². The molecule has 29 heavy (non-hydrogen) atoms. The molecule has 0 aromatic heterocycles. The standard InChI is InChI=1S/C20H26NO7P/c1-4-26-20(24)14-7-9-15(10-8-14)21-19(29(25,27-5-2)28-6-3)17-12-11-16(22)13-18(17)23/h7-13,19,21-23H,4-6H2,1-3H3. The molecule has 158 valence electrons. The van der Waals surface area contributed by atoms with Crippen molar-refractivity contribution in [3.63, 3.8) is 0 Å². The normalized spacial score (nSPS) is 12.4. The average Bonchev–Trinajstić information content (AvgIpc) is 2.68. The van der Waals surface area contributed by atoms with Crippen molar-refractivity contribution in [3.05, 3.63) is 53.6 Å². The second-order valence-corrected chi connectivity index (χ2v) is 8.08. The predicted octanol–water partition coefficient (Wildman–Crippen LogP) is 4.65. The maximum Gasteiger partial charge on any atom is 0.357 e. The Labute approximate surface area is 170 Å². The van der Waals surface area contributed by atoms with Crippen LogP contribution in [0.5, 0.6) is 11.5 Å². The Morgan fingerprint density at radius 1 is 1.00 bits per heavy atom. The van der Waals surface area contributed by atoms with Gasteiger partial charge in [0.1, 0.15) is 11.5 Å². The molecular weight excluding hydrogens is 397 g/mol. The van der Waals surface area contributed by atoms with Crippen molar-refractivity contribution in [1.29, 1.82) is 0 Å². The van der Waals surface area contributed by atoms with Gasteiger partial charge in [0.15, 0.2) is 5.78 Å². The summed E-state index contributed by atoms with van der Waals surface area (Å²) in [4.78, 5) is 11.8. The third kappa shape index (κ3) is 5.73. The van der Waals surface area contributed by atoms with Crippen molar-refractivity contribution in [2.45, 2.75) is 26.6 Å². The highest BCUT2D eigenvalue weighted by molar-refractivity contribution is 7.54. The summed E-state index contributed by atoms with van der Waals surface area (Å²) in [6.45, 7) is 5.64. The van der Waals surface area contributed by atoms with Crippen LogP contribution in [-0.4, -0.2) is 36.0 Å². The number of rotatable bonds is 10. The van der Waals surface area contributed by atoms with Crippen molar-refractivity contribution in [2.75, 3.05) is 25.1 Å². The Hall–Kier alpha value is -2.54. The highest BCUT2D eigenvalue weighted by Gasteiger charge is 2.38. The van der Waals surface area contributed by atoms with E-state index >= 15 is 0 Å². The monoisotopic (exact) mass is 423 g/mol. The van der Waals surface area contributed by atoms with Crippen LogP contribution in [0.1, 0.15) is 42.5 Å². The minimum atomic E-state index is -3.74. The summed E-state index contributed by atoms with van der Waals surface area (Å²) in [6.07, 6.45) is 0. The first kappa shape index (κ1) is 22.7. The molecular formula is C20H26NO7P. The predicted molar refractivity (Wildman–Crippen MR) is 109 cm³/mol. The van der Waals surface area contributed by atoms with E-state index in [1.165, 1.54) is 12.1 Å². The van der Waals surface area contributed by atoms with Crippen LogP contribution in [0.2, 0.25) is 0 Å². The van der Waals surface area contributed by atoms with Gasteiger partial charge >= 0.3 is 13.6 Å². The highest BCUT2D eigenvalue weighted by atomic mass is 31.2. The number of anilines is 1. The van der Waals surface area contributed by atoms with Crippen LogP contribution in [0, 0.1) is 0 Å². The fourth-order valence-corrected chi connectivity index (χ4v) is 4.67. The fourth-order valence-electron chi connectivity index (χ4n) is 2.71. The van der Waals surface area contributed by atoms with Crippen LogP contribution in [0.25, 0.3) is 0 Å². The van der Waals surface area contributed by atoms with Gasteiger partial charge in [0.2, 0.25) is 0 Å². The Balaban J connectivity index is 2.42. The van der Waals surface area contributed by atoms with Gasteiger partial charge in [-0.3, -0.25) is 4.57 Å². The maximum atomic E-state index is 13.5. The number of benzene rings is 2. The third-order valence-corrected chi connectivity index (χ3v) is 6.22.